The summed E-state index contributed by atoms with van der Waals surface area (Å²) in [4.78, 5) is 9.84. The normalized spacial score (nSPS) is 12.4. The Morgan fingerprint density at radius 2 is 1.86 bits per heavy atom. The Bertz CT molecular complexity index is 171. The lowest BCUT2D eigenvalue weighted by atomic mass is 10.0. The van der Waals surface area contributed by atoms with Crippen molar-refractivity contribution in [3.63, 3.8) is 0 Å². The molecule has 0 unspecified atom stereocenters. The maximum atomic E-state index is 9.84. The second-order valence-electron chi connectivity index (χ2n) is 2.70. The zero-order valence-corrected chi connectivity index (χ0v) is 7.88. The first-order chi connectivity index (χ1) is 6.33. The average Bonchev–Trinajstić information content (AvgIpc) is 2.14. The van der Waals surface area contributed by atoms with Gasteiger partial charge in [0, 0.05) is 0 Å². The van der Waals surface area contributed by atoms with Crippen molar-refractivity contribution in [3.8, 4) is 0 Å². The lowest BCUT2D eigenvalue weighted by Crippen LogP contribution is -2.49. The number of hydrogen-bond acceptors (Lipinski definition) is 6. The van der Waals surface area contributed by atoms with Gasteiger partial charge in [0.25, 0.3) is 0 Å². The van der Waals surface area contributed by atoms with Crippen LogP contribution in [0.1, 0.15) is 6.92 Å². The minimum absolute atomic E-state index is 0.0481. The summed E-state index contributed by atoms with van der Waals surface area (Å²) in [7, 11) is 0. The number of aliphatic hydroxyl groups excluding tert-OH is 3. The fourth-order valence-corrected chi connectivity index (χ4v) is 0.364. The van der Waals surface area contributed by atoms with Crippen molar-refractivity contribution in [2.24, 2.45) is 0 Å². The van der Waals surface area contributed by atoms with E-state index in [4.69, 9.17) is 20.4 Å². The van der Waals surface area contributed by atoms with E-state index in [1.807, 2.05) is 0 Å². The molecule has 0 saturated heterocycles. The Kier molecular flexibility index (Phi) is 8.26. The molecule has 0 bridgehead atoms. The van der Waals surface area contributed by atoms with Gasteiger partial charge in [-0.1, -0.05) is 6.92 Å². The Morgan fingerprint density at radius 1 is 1.57 bits per heavy atom. The Morgan fingerprint density at radius 3 is 1.93 bits per heavy atom. The first-order valence-electron chi connectivity index (χ1n) is 3.74. The minimum Gasteiger partial charge on any atom is -0.876 e. The molecule has 6 nitrogen and oxygen atoms in total. The van der Waals surface area contributed by atoms with Crippen molar-refractivity contribution in [2.45, 2.75) is 18.6 Å². The maximum absolute atomic E-state index is 9.84. The number of aliphatic hydroxyl groups is 4. The van der Waals surface area contributed by atoms with Crippen molar-refractivity contribution >= 4 is 6.29 Å². The van der Waals surface area contributed by atoms with E-state index in [-0.39, 0.29) is 12.0 Å². The van der Waals surface area contributed by atoms with Gasteiger partial charge in [-0.2, -0.15) is 0 Å². The van der Waals surface area contributed by atoms with Gasteiger partial charge in [-0.15, -0.1) is 12.3 Å². The van der Waals surface area contributed by atoms with Crippen molar-refractivity contribution in [2.75, 3.05) is 13.2 Å². The van der Waals surface area contributed by atoms with Gasteiger partial charge in [0.05, 0.1) is 13.2 Å². The third-order valence-electron chi connectivity index (χ3n) is 1.23. The SMILES string of the molecule is C=C(C)[O-].O=C[C@@H](O)C(O)(CO)CO. The highest BCUT2D eigenvalue weighted by Crippen LogP contribution is 2.06. The van der Waals surface area contributed by atoms with Gasteiger partial charge in [0.1, 0.15) is 11.7 Å². The molecule has 84 valence electrons. The summed E-state index contributed by atoms with van der Waals surface area (Å²) >= 11 is 0. The van der Waals surface area contributed by atoms with Gasteiger partial charge >= 0.3 is 0 Å². The molecule has 0 heterocycles. The van der Waals surface area contributed by atoms with Gasteiger partial charge in [0.2, 0.25) is 0 Å². The lowest BCUT2D eigenvalue weighted by Gasteiger charge is -2.24. The molecule has 0 aromatic carbocycles. The van der Waals surface area contributed by atoms with Crippen LogP contribution in [0, 0.1) is 0 Å². The van der Waals surface area contributed by atoms with E-state index in [0.717, 1.165) is 0 Å². The summed E-state index contributed by atoms with van der Waals surface area (Å²) in [5, 5.41) is 43.6. The predicted molar refractivity (Wildman–Crippen MR) is 46.0 cm³/mol. The van der Waals surface area contributed by atoms with Crippen molar-refractivity contribution < 1.29 is 30.3 Å². The predicted octanol–water partition coefficient (Wildman–Crippen LogP) is -2.86. The van der Waals surface area contributed by atoms with Crippen LogP contribution >= 0.6 is 0 Å². The molecule has 0 saturated carbocycles. The van der Waals surface area contributed by atoms with Crippen molar-refractivity contribution in [1.82, 2.24) is 0 Å². The largest absolute Gasteiger partial charge is 0.876 e. The number of rotatable bonds is 4. The molecule has 1 atom stereocenters. The number of carbonyl (C=O) groups excluding carboxylic acids is 1. The van der Waals surface area contributed by atoms with E-state index >= 15 is 0 Å². The van der Waals surface area contributed by atoms with Gasteiger partial charge in [-0.3, -0.25) is 0 Å². The van der Waals surface area contributed by atoms with Gasteiger partial charge in [-0.25, -0.2) is 0 Å². The van der Waals surface area contributed by atoms with E-state index < -0.39 is 24.9 Å². The van der Waals surface area contributed by atoms with E-state index in [1.165, 1.54) is 6.92 Å². The number of hydrogen-bond donors (Lipinski definition) is 4. The molecule has 14 heavy (non-hydrogen) atoms. The van der Waals surface area contributed by atoms with Crippen LogP contribution in [0.2, 0.25) is 0 Å². The van der Waals surface area contributed by atoms with Crippen molar-refractivity contribution in [3.05, 3.63) is 12.3 Å². The van der Waals surface area contributed by atoms with E-state index in [1.54, 1.807) is 0 Å². The number of allylic oxidation sites excluding steroid dienone is 1. The first-order valence-corrected chi connectivity index (χ1v) is 3.74. The molecule has 0 aliphatic rings. The molecular formula is C8H15O6-. The summed E-state index contributed by atoms with van der Waals surface area (Å²) in [6, 6.07) is 0. The maximum Gasteiger partial charge on any atom is 0.151 e. The molecule has 0 amide bonds. The van der Waals surface area contributed by atoms with Crippen LogP contribution in [0.15, 0.2) is 12.3 Å². The Labute approximate surface area is 81.7 Å². The molecule has 0 spiro atoms. The molecule has 0 aliphatic heterocycles. The second-order valence-corrected chi connectivity index (χ2v) is 2.70. The fourth-order valence-electron chi connectivity index (χ4n) is 0.364. The van der Waals surface area contributed by atoms with Gasteiger partial charge < -0.3 is 30.3 Å². The third kappa shape index (κ3) is 6.55. The summed E-state index contributed by atoms with van der Waals surface area (Å²) < 4.78 is 0. The van der Waals surface area contributed by atoms with Crippen LogP contribution in [0.4, 0.5) is 0 Å². The summed E-state index contributed by atoms with van der Waals surface area (Å²) in [6.07, 6.45) is -1.70. The fraction of sp³-hybridized carbons (Fsp3) is 0.625. The highest BCUT2D eigenvalue weighted by Gasteiger charge is 2.33. The molecule has 0 fully saturated rings. The molecule has 0 aliphatic carbocycles. The highest BCUT2D eigenvalue weighted by atomic mass is 16.4. The second kappa shape index (κ2) is 7.45. The number of aldehydes is 1. The smallest absolute Gasteiger partial charge is 0.151 e. The number of carbonyl (C=O) groups is 1. The molecule has 0 radical (unpaired) electrons. The van der Waals surface area contributed by atoms with Crippen LogP contribution in [-0.4, -0.2) is 51.6 Å². The molecule has 6 heteroatoms. The molecule has 4 N–H and O–H groups in total. The van der Waals surface area contributed by atoms with Crippen molar-refractivity contribution in [1.29, 1.82) is 0 Å². The van der Waals surface area contributed by atoms with Crippen LogP contribution in [0.25, 0.3) is 0 Å². The van der Waals surface area contributed by atoms with Crippen LogP contribution in [0.3, 0.4) is 0 Å². The third-order valence-corrected chi connectivity index (χ3v) is 1.23. The Balaban J connectivity index is 0. The average molecular weight is 207 g/mol. The van der Waals surface area contributed by atoms with Gasteiger partial charge in [0.15, 0.2) is 6.29 Å². The van der Waals surface area contributed by atoms with Gasteiger partial charge in [-0.05, 0) is 0 Å². The minimum atomic E-state index is -2.11. The zero-order chi connectivity index (χ0) is 11.8. The van der Waals surface area contributed by atoms with Crippen LogP contribution in [-0.2, 0) is 4.79 Å². The molecule has 0 rings (SSSR count). The van der Waals surface area contributed by atoms with E-state index in [2.05, 4.69) is 6.58 Å². The first kappa shape index (κ1) is 15.5. The van der Waals surface area contributed by atoms with Crippen LogP contribution in [0.5, 0.6) is 0 Å². The standard InChI is InChI=1S/C5H10O5.C3H6O/c6-1-4(9)5(10,2-7)3-8;1-3(2)4/h1,4,7-10H,2-3H2;4H,1H2,2H3/p-1/t4-;/m1./s1. The van der Waals surface area contributed by atoms with E-state index in [9.17, 15) is 9.90 Å². The van der Waals surface area contributed by atoms with E-state index in [0.29, 0.717) is 0 Å². The zero-order valence-electron chi connectivity index (χ0n) is 7.88. The summed E-state index contributed by atoms with van der Waals surface area (Å²) in [5.74, 6) is -0.0833. The molecule has 0 aromatic heterocycles. The quantitative estimate of drug-likeness (QED) is 0.291. The lowest BCUT2D eigenvalue weighted by molar-refractivity contribution is -0.300. The highest BCUT2D eigenvalue weighted by molar-refractivity contribution is 5.58. The monoisotopic (exact) mass is 207 g/mol. The summed E-state index contributed by atoms with van der Waals surface area (Å²) in [6.45, 7) is 2.70. The topological polar surface area (TPSA) is 121 Å². The Hall–Kier alpha value is -0.950. The summed E-state index contributed by atoms with van der Waals surface area (Å²) in [5.41, 5.74) is -2.11. The molecular weight excluding hydrogens is 192 g/mol. The van der Waals surface area contributed by atoms with Crippen LogP contribution < -0.4 is 5.11 Å². The molecule has 0 aromatic rings.